The van der Waals surface area contributed by atoms with E-state index < -0.39 is 6.09 Å². The van der Waals surface area contributed by atoms with Crippen LogP contribution in [0, 0.1) is 5.92 Å². The third kappa shape index (κ3) is 2.75. The topological polar surface area (TPSA) is 78.6 Å². The number of hydrogen-bond acceptors (Lipinski definition) is 3. The minimum absolute atomic E-state index is 0.0400. The Balaban J connectivity index is 1.70. The minimum Gasteiger partial charge on any atom is -0.465 e. The Bertz CT molecular complexity index is 758. The fourth-order valence-corrected chi connectivity index (χ4v) is 3.84. The summed E-state index contributed by atoms with van der Waals surface area (Å²) in [5.74, 6) is 0.997. The van der Waals surface area contributed by atoms with Gasteiger partial charge in [0.1, 0.15) is 0 Å². The molecule has 3 heterocycles. The van der Waals surface area contributed by atoms with Crippen LogP contribution in [0.1, 0.15) is 43.0 Å². The Kier molecular flexibility index (Phi) is 3.92. The van der Waals surface area contributed by atoms with Crippen LogP contribution in [0.4, 0.5) is 4.79 Å². The highest BCUT2D eigenvalue weighted by molar-refractivity contribution is 5.83. The van der Waals surface area contributed by atoms with Gasteiger partial charge in [-0.15, -0.1) is 0 Å². The first-order chi connectivity index (χ1) is 11.7. The van der Waals surface area contributed by atoms with Crippen LogP contribution in [0.15, 0.2) is 18.3 Å². The SMILES string of the molecule is O=C(O)N1CCC(c2nccc3cc(CO)n(CC4CC4)c23)CC1. The van der Waals surface area contributed by atoms with E-state index in [-0.39, 0.29) is 12.5 Å². The Labute approximate surface area is 140 Å². The number of piperidine rings is 1. The zero-order chi connectivity index (χ0) is 16.7. The summed E-state index contributed by atoms with van der Waals surface area (Å²) >= 11 is 0. The van der Waals surface area contributed by atoms with E-state index in [0.29, 0.717) is 19.0 Å². The molecule has 2 aromatic heterocycles. The highest BCUT2D eigenvalue weighted by Crippen LogP contribution is 2.37. The lowest BCUT2D eigenvalue weighted by Gasteiger charge is -2.30. The van der Waals surface area contributed by atoms with Crippen molar-refractivity contribution in [3.8, 4) is 0 Å². The summed E-state index contributed by atoms with van der Waals surface area (Å²) < 4.78 is 2.25. The number of aliphatic hydroxyl groups is 1. The number of pyridine rings is 1. The van der Waals surface area contributed by atoms with Gasteiger partial charge in [-0.3, -0.25) is 4.98 Å². The zero-order valence-corrected chi connectivity index (χ0v) is 13.7. The monoisotopic (exact) mass is 329 g/mol. The molecule has 6 nitrogen and oxygen atoms in total. The fourth-order valence-electron chi connectivity index (χ4n) is 3.84. The van der Waals surface area contributed by atoms with Crippen molar-refractivity contribution in [3.63, 3.8) is 0 Å². The Morgan fingerprint density at radius 2 is 2.00 bits per heavy atom. The molecule has 2 aromatic rings. The highest BCUT2D eigenvalue weighted by atomic mass is 16.4. The first-order valence-electron chi connectivity index (χ1n) is 8.73. The third-order valence-corrected chi connectivity index (χ3v) is 5.37. The zero-order valence-electron chi connectivity index (χ0n) is 13.7. The maximum Gasteiger partial charge on any atom is 0.407 e. The second kappa shape index (κ2) is 6.09. The Morgan fingerprint density at radius 1 is 1.25 bits per heavy atom. The van der Waals surface area contributed by atoms with Crippen LogP contribution in [-0.2, 0) is 13.2 Å². The van der Waals surface area contributed by atoms with Crippen molar-refractivity contribution in [2.75, 3.05) is 13.1 Å². The van der Waals surface area contributed by atoms with Gasteiger partial charge in [0.05, 0.1) is 17.8 Å². The molecule has 4 rings (SSSR count). The number of amides is 1. The Hall–Kier alpha value is -2.08. The van der Waals surface area contributed by atoms with E-state index in [2.05, 4.69) is 15.6 Å². The lowest BCUT2D eigenvalue weighted by Crippen LogP contribution is -2.37. The van der Waals surface area contributed by atoms with Gasteiger partial charge in [0.2, 0.25) is 0 Å². The summed E-state index contributed by atoms with van der Waals surface area (Å²) in [6, 6.07) is 4.07. The van der Waals surface area contributed by atoms with Gasteiger partial charge in [0.25, 0.3) is 0 Å². The lowest BCUT2D eigenvalue weighted by atomic mass is 9.92. The molecule has 6 heteroatoms. The van der Waals surface area contributed by atoms with Crippen LogP contribution < -0.4 is 0 Å². The van der Waals surface area contributed by atoms with E-state index >= 15 is 0 Å². The molecule has 1 saturated carbocycles. The molecule has 24 heavy (non-hydrogen) atoms. The smallest absolute Gasteiger partial charge is 0.407 e. The molecule has 1 amide bonds. The first-order valence-corrected chi connectivity index (χ1v) is 8.73. The predicted octanol–water partition coefficient (Wildman–Crippen LogP) is 2.80. The van der Waals surface area contributed by atoms with Crippen LogP contribution in [0.25, 0.3) is 10.9 Å². The van der Waals surface area contributed by atoms with Crippen molar-refractivity contribution in [2.24, 2.45) is 5.92 Å². The lowest BCUT2D eigenvalue weighted by molar-refractivity contribution is 0.132. The second-order valence-corrected chi connectivity index (χ2v) is 7.03. The van der Waals surface area contributed by atoms with Crippen LogP contribution >= 0.6 is 0 Å². The van der Waals surface area contributed by atoms with Crippen LogP contribution in [0.3, 0.4) is 0 Å². The number of carboxylic acid groups (broad SMARTS) is 1. The van der Waals surface area contributed by atoms with Crippen molar-refractivity contribution in [2.45, 2.75) is 44.8 Å². The quantitative estimate of drug-likeness (QED) is 0.904. The first kappa shape index (κ1) is 15.4. The van der Waals surface area contributed by atoms with Gasteiger partial charge in [0, 0.05) is 42.8 Å². The third-order valence-electron chi connectivity index (χ3n) is 5.37. The number of nitrogens with zero attached hydrogens (tertiary/aromatic N) is 3. The van der Waals surface area contributed by atoms with Gasteiger partial charge in [-0.25, -0.2) is 4.79 Å². The molecule has 2 aliphatic rings. The molecule has 0 unspecified atom stereocenters. The molecule has 0 bridgehead atoms. The normalized spacial score (nSPS) is 19.1. The molecule has 1 aliphatic carbocycles. The van der Waals surface area contributed by atoms with Gasteiger partial charge in [-0.1, -0.05) is 0 Å². The summed E-state index contributed by atoms with van der Waals surface area (Å²) in [6.07, 6.45) is 5.14. The molecule has 2 N–H and O–H groups in total. The summed E-state index contributed by atoms with van der Waals surface area (Å²) in [5.41, 5.74) is 3.16. The van der Waals surface area contributed by atoms with Gasteiger partial charge in [0.15, 0.2) is 0 Å². The molecule has 0 spiro atoms. The van der Waals surface area contributed by atoms with Crippen molar-refractivity contribution in [1.29, 1.82) is 0 Å². The standard InChI is InChI=1S/C18H23N3O3/c22-11-15-9-14-3-6-19-16(17(14)21(15)10-12-1-2-12)13-4-7-20(8-5-13)18(23)24/h3,6,9,12-13,22H,1-2,4-5,7-8,10-11H2,(H,23,24). The van der Waals surface area contributed by atoms with E-state index in [1.165, 1.54) is 17.7 Å². The number of carbonyl (C=O) groups is 1. The number of rotatable bonds is 4. The van der Waals surface area contributed by atoms with E-state index in [1.54, 1.807) is 0 Å². The maximum atomic E-state index is 11.1. The van der Waals surface area contributed by atoms with Crippen molar-refractivity contribution in [3.05, 3.63) is 29.7 Å². The second-order valence-electron chi connectivity index (χ2n) is 7.03. The number of fused-ring (bicyclic) bond motifs is 1. The highest BCUT2D eigenvalue weighted by Gasteiger charge is 2.28. The molecular formula is C18H23N3O3. The largest absolute Gasteiger partial charge is 0.465 e. The molecular weight excluding hydrogens is 306 g/mol. The number of likely N-dealkylation sites (tertiary alicyclic amines) is 1. The predicted molar refractivity (Wildman–Crippen MR) is 90.0 cm³/mol. The van der Waals surface area contributed by atoms with Crippen molar-refractivity contribution < 1.29 is 15.0 Å². The van der Waals surface area contributed by atoms with Crippen molar-refractivity contribution in [1.82, 2.24) is 14.5 Å². The van der Waals surface area contributed by atoms with Gasteiger partial charge < -0.3 is 19.7 Å². The minimum atomic E-state index is -0.834. The van der Waals surface area contributed by atoms with Crippen LogP contribution in [0.5, 0.6) is 0 Å². The summed E-state index contributed by atoms with van der Waals surface area (Å²) in [7, 11) is 0. The van der Waals surface area contributed by atoms with Crippen LogP contribution in [0.2, 0.25) is 0 Å². The van der Waals surface area contributed by atoms with Gasteiger partial charge in [-0.05, 0) is 43.7 Å². The van der Waals surface area contributed by atoms with Crippen LogP contribution in [-0.4, -0.2) is 43.8 Å². The number of aromatic nitrogens is 2. The average Bonchev–Trinajstić information content (AvgIpc) is 3.35. The Morgan fingerprint density at radius 3 is 2.62 bits per heavy atom. The van der Waals surface area contributed by atoms with Crippen molar-refractivity contribution >= 4 is 17.0 Å². The molecule has 0 radical (unpaired) electrons. The summed E-state index contributed by atoms with van der Waals surface area (Å²) in [5, 5.41) is 20.0. The molecule has 1 aliphatic heterocycles. The molecule has 0 atom stereocenters. The molecule has 0 aromatic carbocycles. The van der Waals surface area contributed by atoms with E-state index in [9.17, 15) is 9.90 Å². The fraction of sp³-hybridized carbons (Fsp3) is 0.556. The summed E-state index contributed by atoms with van der Waals surface area (Å²) in [6.45, 7) is 2.12. The maximum absolute atomic E-state index is 11.1. The number of hydrogen-bond donors (Lipinski definition) is 2. The van der Waals surface area contributed by atoms with E-state index in [1.807, 2.05) is 12.3 Å². The molecule has 2 fully saturated rings. The molecule has 128 valence electrons. The van der Waals surface area contributed by atoms with Gasteiger partial charge >= 0.3 is 6.09 Å². The molecule has 1 saturated heterocycles. The van der Waals surface area contributed by atoms with E-state index in [4.69, 9.17) is 5.11 Å². The average molecular weight is 329 g/mol. The van der Waals surface area contributed by atoms with Gasteiger partial charge in [-0.2, -0.15) is 0 Å². The number of aliphatic hydroxyl groups excluding tert-OH is 1. The summed E-state index contributed by atoms with van der Waals surface area (Å²) in [4.78, 5) is 17.3. The van der Waals surface area contributed by atoms with E-state index in [0.717, 1.165) is 41.7 Å².